The van der Waals surface area contributed by atoms with E-state index in [-0.39, 0.29) is 22.3 Å². The first-order valence-electron chi connectivity index (χ1n) is 19.2. The maximum absolute atomic E-state index is 12.4. The highest BCUT2D eigenvalue weighted by Gasteiger charge is 2.45. The van der Waals surface area contributed by atoms with E-state index in [4.69, 9.17) is 4.52 Å². The molecule has 0 fully saturated rings. The molecule has 1 amide bonds. The third kappa shape index (κ3) is 11.6. The summed E-state index contributed by atoms with van der Waals surface area (Å²) in [5.74, 6) is -0.0169. The molecule has 2 heterocycles. The molecule has 2 aromatic rings. The van der Waals surface area contributed by atoms with Gasteiger partial charge >= 0.3 is 7.82 Å². The number of nitrogens with one attached hydrogen (secondary N) is 1. The highest BCUT2D eigenvalue weighted by molar-refractivity contribution is 7.86. The number of benzene rings is 2. The molecule has 0 saturated carbocycles. The van der Waals surface area contributed by atoms with Crippen molar-refractivity contribution in [2.45, 2.75) is 107 Å². The molecule has 2 aliphatic heterocycles. The number of hydrogen-bond donors (Lipinski definition) is 4. The molecule has 0 bridgehead atoms. The number of carbonyl (C=O) groups is 1. The number of fused-ring (bicyclic) bond motifs is 2. The van der Waals surface area contributed by atoms with Gasteiger partial charge in [-0.25, -0.2) is 4.57 Å². The van der Waals surface area contributed by atoms with Crippen LogP contribution >= 0.6 is 7.82 Å². The average Bonchev–Trinajstić information content (AvgIpc) is 3.48. The van der Waals surface area contributed by atoms with Crippen molar-refractivity contribution in [2.75, 3.05) is 38.3 Å². The van der Waals surface area contributed by atoms with Crippen LogP contribution in [0.15, 0.2) is 82.3 Å². The highest BCUT2D eigenvalue weighted by atomic mass is 32.2. The van der Waals surface area contributed by atoms with Crippen LogP contribution in [0.1, 0.15) is 97.1 Å². The summed E-state index contributed by atoms with van der Waals surface area (Å²) in [4.78, 5) is 23.5. The largest absolute Gasteiger partial charge is 0.471 e. The number of nitrogens with zero attached hydrogens (tertiary/aromatic N) is 2. The molecular weight excluding hydrogens is 794 g/mol. The molecule has 4 rings (SSSR count). The zero-order chi connectivity index (χ0) is 42.2. The van der Waals surface area contributed by atoms with Crippen LogP contribution in [0.25, 0.3) is 0 Å². The molecule has 1 atom stereocenters. The van der Waals surface area contributed by atoms with Gasteiger partial charge in [0.25, 0.3) is 20.2 Å². The number of hydrogen-bond acceptors (Lipinski definition) is 9. The Bertz CT molecular complexity index is 2190. The summed E-state index contributed by atoms with van der Waals surface area (Å²) in [5.41, 5.74) is 4.07. The van der Waals surface area contributed by atoms with Gasteiger partial charge in [-0.15, -0.1) is 0 Å². The quantitative estimate of drug-likeness (QED) is 0.0320. The molecule has 2 aliphatic rings. The number of amides is 1. The van der Waals surface area contributed by atoms with E-state index in [9.17, 15) is 40.2 Å². The molecule has 0 aromatic heterocycles. The second kappa shape index (κ2) is 19.1. The van der Waals surface area contributed by atoms with Crippen molar-refractivity contribution in [2.24, 2.45) is 0 Å². The minimum absolute atomic E-state index is 0.0169. The normalized spacial score (nSPS) is 18.1. The SMILES string of the molecule is CCN1C(=CC=CC=CC2=[N+](CCCCCC(=O)NCCCCCCOP(=O)(O)OC)c3ccc(S(=O)(=O)O)cc3C2(C)C)C(C)(C)c2cc(S(=O)(=O)O)ccc21. The summed E-state index contributed by atoms with van der Waals surface area (Å²) in [7, 11) is -11.6. The van der Waals surface area contributed by atoms with Crippen LogP contribution < -0.4 is 10.2 Å². The van der Waals surface area contributed by atoms with Crippen molar-refractivity contribution < 1.29 is 53.8 Å². The van der Waals surface area contributed by atoms with Crippen molar-refractivity contribution in [3.05, 3.63) is 83.6 Å². The number of likely N-dealkylation sites (N-methyl/N-ethyl adjacent to an activating group) is 1. The Hall–Kier alpha value is -3.47. The van der Waals surface area contributed by atoms with Crippen LogP contribution in [0.2, 0.25) is 0 Å². The molecule has 314 valence electrons. The summed E-state index contributed by atoms with van der Waals surface area (Å²) in [6, 6.07) is 9.31. The number of phosphoric ester groups is 1. The third-order valence-electron chi connectivity index (χ3n) is 10.5. The molecule has 0 spiro atoms. The van der Waals surface area contributed by atoms with Gasteiger partial charge in [-0.1, -0.05) is 44.9 Å². The van der Waals surface area contributed by atoms with E-state index < -0.39 is 38.9 Å². The van der Waals surface area contributed by atoms with Crippen molar-refractivity contribution in [1.29, 1.82) is 0 Å². The van der Waals surface area contributed by atoms with Gasteiger partial charge in [-0.2, -0.15) is 21.4 Å². The molecule has 4 N–H and O–H groups in total. The molecule has 14 nitrogen and oxygen atoms in total. The molecule has 17 heteroatoms. The number of phosphoric acid groups is 1. The van der Waals surface area contributed by atoms with Crippen LogP contribution in [0.5, 0.6) is 0 Å². The van der Waals surface area contributed by atoms with E-state index in [2.05, 4.69) is 19.3 Å². The van der Waals surface area contributed by atoms with Crippen molar-refractivity contribution in [1.82, 2.24) is 5.32 Å². The van der Waals surface area contributed by atoms with Gasteiger partial charge in [0.15, 0.2) is 5.71 Å². The zero-order valence-electron chi connectivity index (χ0n) is 33.6. The van der Waals surface area contributed by atoms with Gasteiger partial charge in [-0.05, 0) is 88.4 Å². The molecule has 1 unspecified atom stereocenters. The number of allylic oxidation sites excluding steroid dienone is 6. The van der Waals surface area contributed by atoms with Crippen molar-refractivity contribution in [3.63, 3.8) is 0 Å². The molecule has 2 aromatic carbocycles. The maximum Gasteiger partial charge on any atom is 0.471 e. The number of anilines is 1. The Balaban J connectivity index is 1.41. The van der Waals surface area contributed by atoms with Gasteiger partial charge < -0.3 is 15.1 Å². The van der Waals surface area contributed by atoms with E-state index in [0.29, 0.717) is 38.9 Å². The van der Waals surface area contributed by atoms with Crippen LogP contribution in [0.4, 0.5) is 11.4 Å². The van der Waals surface area contributed by atoms with Gasteiger partial charge in [0.2, 0.25) is 11.6 Å². The van der Waals surface area contributed by atoms with E-state index in [1.165, 1.54) is 24.3 Å². The summed E-state index contributed by atoms with van der Waals surface area (Å²) >= 11 is 0. The third-order valence-corrected chi connectivity index (χ3v) is 13.2. The lowest BCUT2D eigenvalue weighted by Gasteiger charge is -2.25. The first-order chi connectivity index (χ1) is 26.6. The summed E-state index contributed by atoms with van der Waals surface area (Å²) in [5, 5.41) is 2.95. The highest BCUT2D eigenvalue weighted by Crippen LogP contribution is 2.48. The average molecular weight is 851 g/mol. The molecule has 0 aliphatic carbocycles. The minimum atomic E-state index is -4.41. The predicted octanol–water partition coefficient (Wildman–Crippen LogP) is 7.37. The Morgan fingerprint density at radius 2 is 1.49 bits per heavy atom. The lowest BCUT2D eigenvalue weighted by atomic mass is 9.81. The van der Waals surface area contributed by atoms with Crippen LogP contribution in [-0.4, -0.2) is 80.4 Å². The number of carbonyl (C=O) groups excluding carboxylic acids is 1. The number of rotatable bonds is 21. The Morgan fingerprint density at radius 1 is 0.860 bits per heavy atom. The molecular formula is C40H57N3O11PS2+. The topological polar surface area (TPSA) is 200 Å². The summed E-state index contributed by atoms with van der Waals surface area (Å²) in [6.07, 6.45) is 15.4. The van der Waals surface area contributed by atoms with Gasteiger partial charge in [0, 0.05) is 67.5 Å². The summed E-state index contributed by atoms with van der Waals surface area (Å²) in [6.45, 7) is 12.0. The lowest BCUT2D eigenvalue weighted by Crippen LogP contribution is -2.28. The predicted molar refractivity (Wildman–Crippen MR) is 220 cm³/mol. The van der Waals surface area contributed by atoms with E-state index in [1.54, 1.807) is 12.1 Å². The van der Waals surface area contributed by atoms with Gasteiger partial charge in [-0.3, -0.25) is 22.9 Å². The zero-order valence-corrected chi connectivity index (χ0v) is 36.1. The van der Waals surface area contributed by atoms with E-state index in [0.717, 1.165) is 73.1 Å². The standard InChI is InChI=1S/C40H56N3O11PS2/c1-7-42-34-23-21-30(56(47,48)49)28-32(34)39(2,3)36(42)18-12-10-13-19-37-40(4,5)33-29-31(57(50,51)52)22-24-35(33)43(37)26-16-11-14-20-38(44)41-25-15-8-9-17-27-54-55(45,46)53-6/h10,12-13,18-19,21-24,28-29H,7-9,11,14-17,20,25-27H2,1-6H3,(H3-,41,44,45,46,47,48,49,50,51,52)/p+1. The van der Waals surface area contributed by atoms with Gasteiger partial charge in [0.1, 0.15) is 6.54 Å². The Labute approximate surface area is 337 Å². The Kier molecular flexibility index (Phi) is 15.5. The van der Waals surface area contributed by atoms with E-state index in [1.807, 2.05) is 65.0 Å². The van der Waals surface area contributed by atoms with Crippen LogP contribution in [0, 0.1) is 0 Å². The first kappa shape index (κ1) is 46.2. The monoisotopic (exact) mass is 850 g/mol. The second-order valence-electron chi connectivity index (χ2n) is 15.2. The minimum Gasteiger partial charge on any atom is -0.356 e. The smallest absolute Gasteiger partial charge is 0.356 e. The molecule has 0 saturated heterocycles. The number of unbranched alkanes of at least 4 members (excludes halogenated alkanes) is 5. The van der Waals surface area contributed by atoms with Gasteiger partial charge in [0.05, 0.1) is 21.8 Å². The second-order valence-corrected chi connectivity index (χ2v) is 19.6. The van der Waals surface area contributed by atoms with Crippen LogP contribution in [0.3, 0.4) is 0 Å². The van der Waals surface area contributed by atoms with E-state index >= 15 is 0 Å². The fourth-order valence-electron chi connectivity index (χ4n) is 7.43. The van der Waals surface area contributed by atoms with Crippen LogP contribution in [-0.2, 0) is 49.5 Å². The lowest BCUT2D eigenvalue weighted by molar-refractivity contribution is -0.438. The van der Waals surface area contributed by atoms with Crippen molar-refractivity contribution in [3.8, 4) is 0 Å². The molecule has 57 heavy (non-hydrogen) atoms. The van der Waals surface area contributed by atoms with Crippen molar-refractivity contribution >= 4 is 51.1 Å². The summed E-state index contributed by atoms with van der Waals surface area (Å²) < 4.78 is 90.0. The fraction of sp³-hybridized carbons (Fsp3) is 0.500. The first-order valence-corrected chi connectivity index (χ1v) is 23.5. The molecule has 0 radical (unpaired) electrons. The maximum atomic E-state index is 12.4. The Morgan fingerprint density at radius 3 is 2.14 bits per heavy atom. The fourth-order valence-corrected chi connectivity index (χ4v) is 8.91.